The number of rotatable bonds is 9. The molecule has 0 amide bonds. The highest BCUT2D eigenvalue weighted by atomic mass is 31.2. The summed E-state index contributed by atoms with van der Waals surface area (Å²) in [6.07, 6.45) is -2.52. The lowest BCUT2D eigenvalue weighted by Crippen LogP contribution is -2.32. The maximum atomic E-state index is 15.9. The predicted molar refractivity (Wildman–Crippen MR) is 141 cm³/mol. The molecule has 2 aliphatic rings. The molecule has 42 heavy (non-hydrogen) atoms. The van der Waals surface area contributed by atoms with Gasteiger partial charge in [0, 0.05) is 19.7 Å². The Morgan fingerprint density at radius 1 is 1.10 bits per heavy atom. The quantitative estimate of drug-likeness (QED) is 0.185. The number of hydrogen-bond acceptors (Lipinski definition) is 13. The highest BCUT2D eigenvalue weighted by Crippen LogP contribution is 2.53. The minimum atomic E-state index is -4.97. The number of aliphatic hydroxyl groups excluding tert-OH is 2. The Labute approximate surface area is 236 Å². The number of phosphoric acid groups is 1. The lowest BCUT2D eigenvalue weighted by molar-refractivity contribution is -0.0320. The Kier molecular flexibility index (Phi) is 7.55. The molecule has 19 heteroatoms. The van der Waals surface area contributed by atoms with Crippen LogP contribution in [0.25, 0.3) is 22.3 Å². The number of ether oxygens (including phenoxy) is 1. The van der Waals surface area contributed by atoms with Crippen molar-refractivity contribution in [3.05, 3.63) is 35.7 Å². The highest BCUT2D eigenvalue weighted by Gasteiger charge is 2.51. The average Bonchev–Trinajstić information content (AvgIpc) is 3.72. The van der Waals surface area contributed by atoms with Gasteiger partial charge in [-0.2, -0.15) is 0 Å². The van der Waals surface area contributed by atoms with E-state index < -0.39 is 50.7 Å². The Balaban J connectivity index is 1.19. The summed E-state index contributed by atoms with van der Waals surface area (Å²) in [6.45, 7) is -0.223. The summed E-state index contributed by atoms with van der Waals surface area (Å²) in [6, 6.07) is -0.455. The van der Waals surface area contributed by atoms with Crippen LogP contribution >= 0.6 is 7.82 Å². The number of halogens is 1. The SMILES string of the molecule is Cn1cnc2c(ncn2[C@@H]2C[C@H](OP(=O)(O)O[C@H]3[C@@H](F)[C@H](n4cnc5c(N)ncnc54)O[C@@H]3CCCO)[C@@H](O)C2)c1=O. The molecule has 1 aliphatic carbocycles. The maximum Gasteiger partial charge on any atom is 0.473 e. The monoisotopic (exact) mass is 609 g/mol. The van der Waals surface area contributed by atoms with Crippen LogP contribution in [0.2, 0.25) is 0 Å². The molecule has 1 saturated heterocycles. The second-order valence-electron chi connectivity index (χ2n) is 10.3. The summed E-state index contributed by atoms with van der Waals surface area (Å²) < 4.78 is 49.8. The minimum Gasteiger partial charge on any atom is -0.396 e. The number of aliphatic hydroxyl groups is 2. The normalized spacial score (nSPS) is 29.5. The molecule has 1 aliphatic heterocycles. The van der Waals surface area contributed by atoms with Crippen LogP contribution < -0.4 is 11.3 Å². The number of aryl methyl sites for hydroxylation is 1. The molecule has 5 heterocycles. The van der Waals surface area contributed by atoms with Gasteiger partial charge >= 0.3 is 7.82 Å². The first kappa shape index (κ1) is 28.7. The lowest BCUT2D eigenvalue weighted by atomic mass is 10.1. The predicted octanol–water partition coefficient (Wildman–Crippen LogP) is 0.127. The molecule has 5 N–H and O–H groups in total. The Morgan fingerprint density at radius 2 is 1.83 bits per heavy atom. The molecule has 17 nitrogen and oxygen atoms in total. The van der Waals surface area contributed by atoms with Crippen molar-refractivity contribution >= 4 is 36.0 Å². The number of nitrogen functional groups attached to an aromatic ring is 1. The summed E-state index contributed by atoms with van der Waals surface area (Å²) in [5.41, 5.74) is 6.37. The van der Waals surface area contributed by atoms with E-state index in [1.807, 2.05) is 0 Å². The van der Waals surface area contributed by atoms with Crippen molar-refractivity contribution in [2.45, 2.75) is 68.5 Å². The van der Waals surface area contributed by atoms with Crippen LogP contribution in [0.1, 0.15) is 38.0 Å². The van der Waals surface area contributed by atoms with E-state index in [9.17, 15) is 24.5 Å². The van der Waals surface area contributed by atoms with Crippen molar-refractivity contribution in [3.8, 4) is 0 Å². The number of alkyl halides is 1. The standard InChI is InChI=1S/C23H29FN9O8P/c1-31-8-30-21-17(22(31)36)29-9-32(21)11-5-12(35)14(6-11)40-42(37,38)41-18-13(3-2-4-34)39-23(15(18)24)33-10-28-16-19(25)26-7-27-20(16)33/h7-15,18,23,34-35H,2-6H2,1H3,(H,37,38)(H2,25,26,27)/t11-,12-,13+,14-,15+,18+,23+/m0/s1. The van der Waals surface area contributed by atoms with Crippen molar-refractivity contribution in [2.75, 3.05) is 12.3 Å². The van der Waals surface area contributed by atoms with E-state index in [1.54, 1.807) is 11.6 Å². The number of fused-ring (bicyclic) bond motifs is 2. The van der Waals surface area contributed by atoms with E-state index in [2.05, 4.69) is 24.9 Å². The highest BCUT2D eigenvalue weighted by molar-refractivity contribution is 7.47. The zero-order chi connectivity index (χ0) is 29.8. The third-order valence-electron chi connectivity index (χ3n) is 7.58. The fourth-order valence-corrected chi connectivity index (χ4v) is 6.71. The average molecular weight is 610 g/mol. The van der Waals surface area contributed by atoms with Gasteiger partial charge in [0.2, 0.25) is 0 Å². The molecular formula is C23H29FN9O8P. The van der Waals surface area contributed by atoms with Crippen LogP contribution in [0.3, 0.4) is 0 Å². The number of nitrogens with zero attached hydrogens (tertiary/aromatic N) is 8. The van der Waals surface area contributed by atoms with E-state index >= 15 is 4.39 Å². The molecule has 1 unspecified atom stereocenters. The fourth-order valence-electron chi connectivity index (χ4n) is 5.53. The van der Waals surface area contributed by atoms with E-state index in [0.717, 1.165) is 0 Å². The van der Waals surface area contributed by atoms with E-state index in [1.165, 1.54) is 34.4 Å². The van der Waals surface area contributed by atoms with Crippen LogP contribution in [0.5, 0.6) is 0 Å². The van der Waals surface area contributed by atoms with Gasteiger partial charge in [-0.3, -0.25) is 18.4 Å². The van der Waals surface area contributed by atoms with Gasteiger partial charge in [-0.25, -0.2) is 33.9 Å². The summed E-state index contributed by atoms with van der Waals surface area (Å²) in [7, 11) is -3.42. The first-order valence-corrected chi connectivity index (χ1v) is 14.7. The number of anilines is 1. The molecule has 0 spiro atoms. The molecule has 2 fully saturated rings. The van der Waals surface area contributed by atoms with E-state index in [4.69, 9.17) is 19.5 Å². The first-order chi connectivity index (χ1) is 20.1. The minimum absolute atomic E-state index is 0.0658. The number of nitrogens with two attached hydrogens (primary N) is 1. The zero-order valence-corrected chi connectivity index (χ0v) is 23.1. The third kappa shape index (κ3) is 5.08. The third-order valence-corrected chi connectivity index (χ3v) is 8.63. The number of hydrogen-bond donors (Lipinski definition) is 4. The molecule has 1 saturated carbocycles. The lowest BCUT2D eigenvalue weighted by Gasteiger charge is -2.25. The number of phosphoric ester groups is 1. The van der Waals surface area contributed by atoms with E-state index in [-0.39, 0.29) is 60.3 Å². The van der Waals surface area contributed by atoms with Crippen molar-refractivity contribution < 1.29 is 37.8 Å². The Bertz CT molecular complexity index is 1710. The zero-order valence-electron chi connectivity index (χ0n) is 22.2. The molecule has 4 aromatic rings. The Morgan fingerprint density at radius 3 is 2.62 bits per heavy atom. The smallest absolute Gasteiger partial charge is 0.396 e. The summed E-state index contributed by atoms with van der Waals surface area (Å²) in [5, 5.41) is 20.0. The maximum absolute atomic E-state index is 15.9. The number of imidazole rings is 2. The molecule has 226 valence electrons. The molecule has 0 radical (unpaired) electrons. The van der Waals surface area contributed by atoms with Crippen molar-refractivity contribution in [1.82, 2.24) is 38.6 Å². The second-order valence-corrected chi connectivity index (χ2v) is 11.7. The molecule has 4 aromatic heterocycles. The molecule has 0 aromatic carbocycles. The van der Waals surface area contributed by atoms with Gasteiger partial charge in [0.05, 0.1) is 37.3 Å². The van der Waals surface area contributed by atoms with Crippen LogP contribution in [-0.2, 0) is 25.4 Å². The first-order valence-electron chi connectivity index (χ1n) is 13.2. The van der Waals surface area contributed by atoms with Gasteiger partial charge in [-0.05, 0) is 25.7 Å². The summed E-state index contributed by atoms with van der Waals surface area (Å²) in [4.78, 5) is 43.5. The van der Waals surface area contributed by atoms with Crippen LogP contribution in [-0.4, -0.2) is 90.9 Å². The molecule has 6 rings (SSSR count). The second kappa shape index (κ2) is 11.0. The molecular weight excluding hydrogens is 580 g/mol. The van der Waals surface area contributed by atoms with Crippen molar-refractivity contribution in [1.29, 1.82) is 0 Å². The van der Waals surface area contributed by atoms with Gasteiger partial charge in [0.1, 0.15) is 17.9 Å². The fraction of sp³-hybridized carbons (Fsp3) is 0.565. The molecule has 8 atom stereocenters. The Hall–Kier alpha value is -3.38. The van der Waals surface area contributed by atoms with Gasteiger partial charge in [-0.1, -0.05) is 0 Å². The summed E-state index contributed by atoms with van der Waals surface area (Å²) >= 11 is 0. The van der Waals surface area contributed by atoms with Crippen LogP contribution in [0, 0.1) is 0 Å². The van der Waals surface area contributed by atoms with E-state index in [0.29, 0.717) is 5.65 Å². The van der Waals surface area contributed by atoms with Crippen LogP contribution in [0.4, 0.5) is 10.2 Å². The van der Waals surface area contributed by atoms with Gasteiger partial charge < -0.3 is 34.7 Å². The van der Waals surface area contributed by atoms with Gasteiger partial charge in [0.25, 0.3) is 5.56 Å². The topological polar surface area (TPSA) is 228 Å². The van der Waals surface area contributed by atoms with Crippen molar-refractivity contribution in [2.24, 2.45) is 7.05 Å². The van der Waals surface area contributed by atoms with Crippen LogP contribution in [0.15, 0.2) is 30.1 Å². The largest absolute Gasteiger partial charge is 0.473 e. The van der Waals surface area contributed by atoms with Gasteiger partial charge in [-0.15, -0.1) is 0 Å². The number of aromatic nitrogens is 8. The summed E-state index contributed by atoms with van der Waals surface area (Å²) in [5.74, 6) is 0.0837. The van der Waals surface area contributed by atoms with Crippen molar-refractivity contribution in [3.63, 3.8) is 0 Å². The molecule has 0 bridgehead atoms. The van der Waals surface area contributed by atoms with Gasteiger partial charge in [0.15, 0.2) is 35.0 Å².